The van der Waals surface area contributed by atoms with Crippen molar-refractivity contribution < 1.29 is 0 Å². The van der Waals surface area contributed by atoms with Gasteiger partial charge in [0, 0.05) is 19.3 Å². The molecular weight excluding hydrogens is 186 g/mol. The molecule has 0 aliphatic rings. The molecule has 0 atom stereocenters. The van der Waals surface area contributed by atoms with Crippen LogP contribution in [0.3, 0.4) is 0 Å². The molecule has 0 aliphatic carbocycles. The van der Waals surface area contributed by atoms with Crippen molar-refractivity contribution in [1.29, 1.82) is 0 Å². The molecule has 0 unspecified atom stereocenters. The Morgan fingerprint density at radius 3 is 2.73 bits per heavy atom. The van der Waals surface area contributed by atoms with Crippen LogP contribution in [-0.2, 0) is 6.54 Å². The van der Waals surface area contributed by atoms with Gasteiger partial charge in [0.1, 0.15) is 0 Å². The van der Waals surface area contributed by atoms with Crippen molar-refractivity contribution in [3.8, 4) is 0 Å². The maximum atomic E-state index is 4.44. The summed E-state index contributed by atoms with van der Waals surface area (Å²) in [5, 5.41) is 3.36. The van der Waals surface area contributed by atoms with Gasteiger partial charge in [-0.25, -0.2) is 4.98 Å². The number of allylic oxidation sites excluding steroid dienone is 1. The van der Waals surface area contributed by atoms with Crippen molar-refractivity contribution in [1.82, 2.24) is 9.55 Å². The van der Waals surface area contributed by atoms with Crippen LogP contribution in [0.2, 0.25) is 0 Å². The zero-order chi connectivity index (χ0) is 11.5. The monoisotopic (exact) mass is 207 g/mol. The first-order valence-electron chi connectivity index (χ1n) is 5.31. The first kappa shape index (κ1) is 11.8. The second-order valence-corrected chi connectivity index (χ2v) is 5.06. The highest BCUT2D eigenvalue weighted by atomic mass is 15.2. The molecule has 3 heteroatoms. The lowest BCUT2D eigenvalue weighted by Gasteiger charge is -2.19. The molecule has 3 nitrogen and oxygen atoms in total. The number of nitrogens with zero attached hydrogens (tertiary/aromatic N) is 2. The van der Waals surface area contributed by atoms with E-state index in [2.05, 4.69) is 42.2 Å². The number of nitrogens with one attached hydrogen (secondary N) is 1. The van der Waals surface area contributed by atoms with Crippen LogP contribution < -0.4 is 5.32 Å². The maximum Gasteiger partial charge on any atom is 0.203 e. The van der Waals surface area contributed by atoms with E-state index < -0.39 is 0 Å². The van der Waals surface area contributed by atoms with E-state index in [4.69, 9.17) is 0 Å². The summed E-state index contributed by atoms with van der Waals surface area (Å²) in [5.41, 5.74) is 1.30. The van der Waals surface area contributed by atoms with E-state index in [1.807, 2.05) is 19.2 Å². The minimum Gasteiger partial charge on any atom is -0.355 e. The molecule has 1 rings (SSSR count). The highest BCUT2D eigenvalue weighted by Gasteiger charge is 2.11. The Morgan fingerprint density at radius 2 is 2.20 bits per heavy atom. The average Bonchev–Trinajstić information content (AvgIpc) is 2.42. The summed E-state index contributed by atoms with van der Waals surface area (Å²) in [6.07, 6.45) is 3.91. The molecule has 0 radical (unpaired) electrons. The molecule has 0 fully saturated rings. The standard InChI is InChI=1S/C12H21N3/c1-6-7-15-8-10(2)14-11(15)13-9-12(3,4)5/h6,8H,1,7,9H2,2-5H3,(H,13,14). The molecule has 0 saturated heterocycles. The number of hydrogen-bond donors (Lipinski definition) is 1. The average molecular weight is 207 g/mol. The SMILES string of the molecule is C=CCn1cc(C)nc1NCC(C)(C)C. The number of aromatic nitrogens is 2. The predicted octanol–water partition coefficient (Wildman–Crippen LogP) is 2.84. The molecule has 1 N–H and O–H groups in total. The van der Waals surface area contributed by atoms with Gasteiger partial charge in [0.15, 0.2) is 0 Å². The predicted molar refractivity (Wildman–Crippen MR) is 65.1 cm³/mol. The fourth-order valence-corrected chi connectivity index (χ4v) is 1.31. The van der Waals surface area contributed by atoms with Crippen LogP contribution >= 0.6 is 0 Å². The smallest absolute Gasteiger partial charge is 0.203 e. The molecule has 0 amide bonds. The lowest BCUT2D eigenvalue weighted by Crippen LogP contribution is -2.21. The summed E-state index contributed by atoms with van der Waals surface area (Å²) < 4.78 is 2.08. The van der Waals surface area contributed by atoms with E-state index in [1.54, 1.807) is 0 Å². The fraction of sp³-hybridized carbons (Fsp3) is 0.583. The van der Waals surface area contributed by atoms with Gasteiger partial charge in [0.25, 0.3) is 0 Å². The van der Waals surface area contributed by atoms with Gasteiger partial charge in [-0.2, -0.15) is 0 Å². The van der Waals surface area contributed by atoms with Crippen molar-refractivity contribution >= 4 is 5.95 Å². The minimum absolute atomic E-state index is 0.263. The molecule has 1 aromatic rings. The molecular formula is C12H21N3. The highest BCUT2D eigenvalue weighted by molar-refractivity contribution is 5.29. The van der Waals surface area contributed by atoms with E-state index in [0.717, 1.165) is 24.7 Å². The van der Waals surface area contributed by atoms with E-state index in [0.29, 0.717) is 0 Å². The van der Waals surface area contributed by atoms with Crippen LogP contribution in [0.4, 0.5) is 5.95 Å². The van der Waals surface area contributed by atoms with Crippen molar-refractivity contribution in [3.05, 3.63) is 24.5 Å². The van der Waals surface area contributed by atoms with Gasteiger partial charge in [-0.15, -0.1) is 6.58 Å². The third kappa shape index (κ3) is 3.78. The first-order valence-corrected chi connectivity index (χ1v) is 5.31. The second kappa shape index (κ2) is 4.51. The Hall–Kier alpha value is -1.25. The molecule has 84 valence electrons. The van der Waals surface area contributed by atoms with E-state index in [1.165, 1.54) is 0 Å². The van der Waals surface area contributed by atoms with Gasteiger partial charge in [0.05, 0.1) is 5.69 Å². The van der Waals surface area contributed by atoms with Crippen molar-refractivity contribution in [3.63, 3.8) is 0 Å². The number of hydrogen-bond acceptors (Lipinski definition) is 2. The van der Waals surface area contributed by atoms with Gasteiger partial charge in [-0.1, -0.05) is 26.8 Å². The van der Waals surface area contributed by atoms with Gasteiger partial charge < -0.3 is 9.88 Å². The van der Waals surface area contributed by atoms with E-state index in [-0.39, 0.29) is 5.41 Å². The van der Waals surface area contributed by atoms with E-state index in [9.17, 15) is 0 Å². The van der Waals surface area contributed by atoms with Crippen LogP contribution in [0.25, 0.3) is 0 Å². The molecule has 0 spiro atoms. The lowest BCUT2D eigenvalue weighted by atomic mass is 9.97. The Balaban J connectivity index is 2.71. The summed E-state index contributed by atoms with van der Waals surface area (Å²) >= 11 is 0. The third-order valence-corrected chi connectivity index (χ3v) is 2.00. The van der Waals surface area contributed by atoms with Crippen LogP contribution in [-0.4, -0.2) is 16.1 Å². The van der Waals surface area contributed by atoms with Crippen molar-refractivity contribution in [2.45, 2.75) is 34.2 Å². The molecule has 0 saturated carbocycles. The van der Waals surface area contributed by atoms with Crippen LogP contribution in [0.15, 0.2) is 18.9 Å². The molecule has 0 bridgehead atoms. The number of anilines is 1. The Kier molecular flexibility index (Phi) is 3.56. The van der Waals surface area contributed by atoms with E-state index >= 15 is 0 Å². The summed E-state index contributed by atoms with van der Waals surface area (Å²) in [7, 11) is 0. The van der Waals surface area contributed by atoms with Gasteiger partial charge in [-0.05, 0) is 12.3 Å². The number of aryl methyl sites for hydroxylation is 1. The molecule has 15 heavy (non-hydrogen) atoms. The van der Waals surface area contributed by atoms with Gasteiger partial charge in [-0.3, -0.25) is 0 Å². The van der Waals surface area contributed by atoms with Gasteiger partial charge >= 0.3 is 0 Å². The Morgan fingerprint density at radius 1 is 1.53 bits per heavy atom. The normalized spacial score (nSPS) is 11.5. The summed E-state index contributed by atoms with van der Waals surface area (Å²) in [6.45, 7) is 14.1. The van der Waals surface area contributed by atoms with Crippen LogP contribution in [0.1, 0.15) is 26.5 Å². The third-order valence-electron chi connectivity index (χ3n) is 2.00. The summed E-state index contributed by atoms with van der Waals surface area (Å²) in [4.78, 5) is 4.44. The van der Waals surface area contributed by atoms with Crippen LogP contribution in [0.5, 0.6) is 0 Å². The number of imidazole rings is 1. The van der Waals surface area contributed by atoms with Crippen molar-refractivity contribution in [2.75, 3.05) is 11.9 Å². The maximum absolute atomic E-state index is 4.44. The zero-order valence-electron chi connectivity index (χ0n) is 10.2. The fourth-order valence-electron chi connectivity index (χ4n) is 1.31. The number of rotatable bonds is 4. The zero-order valence-corrected chi connectivity index (χ0v) is 10.2. The first-order chi connectivity index (χ1) is 6.92. The quantitative estimate of drug-likeness (QED) is 0.769. The molecule has 1 heterocycles. The summed E-state index contributed by atoms with van der Waals surface area (Å²) in [5.74, 6) is 0.933. The highest BCUT2D eigenvalue weighted by Crippen LogP contribution is 2.15. The van der Waals surface area contributed by atoms with Gasteiger partial charge in [0.2, 0.25) is 5.95 Å². The minimum atomic E-state index is 0.263. The molecule has 1 aromatic heterocycles. The largest absolute Gasteiger partial charge is 0.355 e. The second-order valence-electron chi connectivity index (χ2n) is 5.06. The molecule has 0 aliphatic heterocycles. The lowest BCUT2D eigenvalue weighted by molar-refractivity contribution is 0.441. The van der Waals surface area contributed by atoms with Crippen molar-refractivity contribution in [2.24, 2.45) is 5.41 Å². The topological polar surface area (TPSA) is 29.9 Å². The van der Waals surface area contributed by atoms with Crippen LogP contribution in [0, 0.1) is 12.3 Å². The Labute approximate surface area is 92.2 Å². The Bertz CT molecular complexity index is 331. The summed E-state index contributed by atoms with van der Waals surface area (Å²) in [6, 6.07) is 0. The molecule has 0 aromatic carbocycles.